The van der Waals surface area contributed by atoms with Gasteiger partial charge in [0, 0.05) is 25.8 Å². The fourth-order valence-electron chi connectivity index (χ4n) is 2.62. The van der Waals surface area contributed by atoms with Gasteiger partial charge in [-0.1, -0.05) is 6.07 Å². The molecule has 2 rings (SSSR count). The molecule has 0 bridgehead atoms. The molecule has 146 valence electrons. The van der Waals surface area contributed by atoms with Gasteiger partial charge in [-0.2, -0.15) is 0 Å². The molecule has 1 fully saturated rings. The van der Waals surface area contributed by atoms with Gasteiger partial charge < -0.3 is 20.3 Å². The normalized spacial score (nSPS) is 17.5. The van der Waals surface area contributed by atoms with Gasteiger partial charge in [0.1, 0.15) is 5.60 Å². The lowest BCUT2D eigenvalue weighted by molar-refractivity contribution is 0.0507. The summed E-state index contributed by atoms with van der Waals surface area (Å²) < 4.78 is 5.33. The number of hydrogen-bond donors (Lipinski definition) is 2. The van der Waals surface area contributed by atoms with Gasteiger partial charge in [0.2, 0.25) is 0 Å². The maximum absolute atomic E-state index is 11.9. The topological polar surface area (TPSA) is 78.9 Å². The predicted molar refractivity (Wildman–Crippen MR) is 114 cm³/mol. The molecule has 26 heavy (non-hydrogen) atoms. The highest BCUT2D eigenvalue weighted by Crippen LogP contribution is 2.12. The van der Waals surface area contributed by atoms with E-state index >= 15 is 0 Å². The molecule has 0 saturated carbocycles. The Kier molecular flexibility index (Phi) is 9.11. The number of likely N-dealkylation sites (tertiary alicyclic amines) is 1. The van der Waals surface area contributed by atoms with Gasteiger partial charge in [-0.05, 0) is 46.2 Å². The number of pyridine rings is 1. The smallest absolute Gasteiger partial charge is 0.407 e. The first kappa shape index (κ1) is 22.5. The van der Waals surface area contributed by atoms with Crippen LogP contribution in [0.1, 0.15) is 39.8 Å². The number of guanidine groups is 1. The number of nitrogens with zero attached hydrogens (tertiary/aromatic N) is 3. The van der Waals surface area contributed by atoms with Crippen LogP contribution in [0, 0.1) is 0 Å². The van der Waals surface area contributed by atoms with Crippen LogP contribution in [0.3, 0.4) is 0 Å². The quantitative estimate of drug-likeness (QED) is 0.398. The van der Waals surface area contributed by atoms with E-state index in [0.29, 0.717) is 13.1 Å². The van der Waals surface area contributed by atoms with Gasteiger partial charge in [-0.3, -0.25) is 4.98 Å². The van der Waals surface area contributed by atoms with Crippen molar-refractivity contribution in [1.82, 2.24) is 20.5 Å². The lowest BCUT2D eigenvalue weighted by Crippen LogP contribution is -2.44. The van der Waals surface area contributed by atoms with Gasteiger partial charge in [0.15, 0.2) is 5.96 Å². The molecular weight excluding hydrogens is 445 g/mol. The molecule has 1 aromatic rings. The van der Waals surface area contributed by atoms with Crippen molar-refractivity contribution < 1.29 is 9.53 Å². The van der Waals surface area contributed by atoms with Crippen LogP contribution in [0.25, 0.3) is 0 Å². The van der Waals surface area contributed by atoms with E-state index in [2.05, 4.69) is 25.5 Å². The van der Waals surface area contributed by atoms with Crippen LogP contribution in [0.4, 0.5) is 4.79 Å². The molecule has 0 aromatic carbocycles. The third-order valence-electron chi connectivity index (χ3n) is 3.66. The van der Waals surface area contributed by atoms with E-state index in [1.165, 1.54) is 0 Å². The molecule has 1 aromatic heterocycles. The second kappa shape index (κ2) is 10.5. The Labute approximate surface area is 173 Å². The van der Waals surface area contributed by atoms with Gasteiger partial charge >= 0.3 is 6.09 Å². The molecule has 0 radical (unpaired) electrons. The minimum atomic E-state index is -0.485. The molecule has 1 aliphatic rings. The van der Waals surface area contributed by atoms with Crippen molar-refractivity contribution in [3.63, 3.8) is 0 Å². The molecule has 1 amide bonds. The number of rotatable bonds is 4. The summed E-state index contributed by atoms with van der Waals surface area (Å²) in [6.07, 6.45) is 2.27. The molecular formula is C18H30IN5O2. The van der Waals surface area contributed by atoms with Gasteiger partial charge in [0.05, 0.1) is 18.3 Å². The molecule has 2 N–H and O–H groups in total. The Bertz CT molecular complexity index is 589. The number of hydrogen-bond acceptors (Lipinski definition) is 4. The summed E-state index contributed by atoms with van der Waals surface area (Å²) in [5.41, 5.74) is 0.446. The Balaban J connectivity index is 0.00000338. The summed E-state index contributed by atoms with van der Waals surface area (Å²) in [4.78, 5) is 23.0. The first-order chi connectivity index (χ1) is 11.9. The number of alkyl carbamates (subject to hydrolysis) is 1. The first-order valence-corrected chi connectivity index (χ1v) is 8.80. The van der Waals surface area contributed by atoms with Crippen molar-refractivity contribution >= 4 is 36.0 Å². The van der Waals surface area contributed by atoms with Crippen molar-refractivity contribution in [2.75, 3.05) is 19.6 Å². The van der Waals surface area contributed by atoms with E-state index in [0.717, 1.165) is 31.2 Å². The van der Waals surface area contributed by atoms with E-state index in [-0.39, 0.29) is 36.1 Å². The average molecular weight is 475 g/mol. The third-order valence-corrected chi connectivity index (χ3v) is 3.66. The predicted octanol–water partition coefficient (Wildman–Crippen LogP) is 2.76. The molecule has 1 atom stereocenters. The SMILES string of the molecule is CCNC(=NCc1ccccn1)N1CCC(NC(=O)OC(C)(C)C)C1.I. The van der Waals surface area contributed by atoms with E-state index in [1.54, 1.807) is 6.20 Å². The van der Waals surface area contributed by atoms with Crippen LogP contribution in [0.5, 0.6) is 0 Å². The number of carbonyl (C=O) groups is 1. The average Bonchev–Trinajstić information content (AvgIpc) is 2.98. The number of halogens is 1. The molecule has 7 nitrogen and oxygen atoms in total. The molecule has 1 unspecified atom stereocenters. The fourth-order valence-corrected chi connectivity index (χ4v) is 2.62. The maximum Gasteiger partial charge on any atom is 0.407 e. The minimum Gasteiger partial charge on any atom is -0.444 e. The summed E-state index contributed by atoms with van der Waals surface area (Å²) in [6, 6.07) is 5.88. The van der Waals surface area contributed by atoms with Crippen molar-refractivity contribution in [1.29, 1.82) is 0 Å². The molecule has 0 aliphatic carbocycles. The Morgan fingerprint density at radius 3 is 2.81 bits per heavy atom. The summed E-state index contributed by atoms with van der Waals surface area (Å²) >= 11 is 0. The minimum absolute atomic E-state index is 0. The summed E-state index contributed by atoms with van der Waals surface area (Å²) in [5.74, 6) is 0.849. The second-order valence-corrected chi connectivity index (χ2v) is 7.07. The molecule has 8 heteroatoms. The van der Waals surface area contributed by atoms with Crippen LogP contribution >= 0.6 is 24.0 Å². The van der Waals surface area contributed by atoms with Crippen molar-refractivity contribution in [3.05, 3.63) is 30.1 Å². The van der Waals surface area contributed by atoms with Gasteiger partial charge in [0.25, 0.3) is 0 Å². The zero-order chi connectivity index (χ0) is 18.3. The zero-order valence-corrected chi connectivity index (χ0v) is 18.3. The van der Waals surface area contributed by atoms with E-state index in [1.807, 2.05) is 45.9 Å². The Morgan fingerprint density at radius 2 is 2.19 bits per heavy atom. The maximum atomic E-state index is 11.9. The standard InChI is InChI=1S/C18H29N5O2.HI/c1-5-19-16(21-12-14-8-6-7-10-20-14)23-11-9-15(13-23)22-17(24)25-18(2,3)4;/h6-8,10,15H,5,9,11-13H2,1-4H3,(H,19,21)(H,22,24);1H. The Morgan fingerprint density at radius 1 is 1.42 bits per heavy atom. The lowest BCUT2D eigenvalue weighted by Gasteiger charge is -2.23. The monoisotopic (exact) mass is 475 g/mol. The van der Waals surface area contributed by atoms with E-state index in [9.17, 15) is 4.79 Å². The van der Waals surface area contributed by atoms with Crippen LogP contribution in [-0.4, -0.2) is 53.2 Å². The second-order valence-electron chi connectivity index (χ2n) is 7.07. The highest BCUT2D eigenvalue weighted by atomic mass is 127. The number of amides is 1. The Hall–Kier alpha value is -1.58. The van der Waals surface area contributed by atoms with Gasteiger partial charge in [-0.15, -0.1) is 24.0 Å². The van der Waals surface area contributed by atoms with E-state index in [4.69, 9.17) is 4.74 Å². The number of carbonyl (C=O) groups excluding carboxylic acids is 1. The summed E-state index contributed by atoms with van der Waals surface area (Å²) in [7, 11) is 0. The van der Waals surface area contributed by atoms with Crippen LogP contribution < -0.4 is 10.6 Å². The highest BCUT2D eigenvalue weighted by Gasteiger charge is 2.27. The largest absolute Gasteiger partial charge is 0.444 e. The van der Waals surface area contributed by atoms with Gasteiger partial charge in [-0.25, -0.2) is 9.79 Å². The number of ether oxygens (including phenoxy) is 1. The number of aromatic nitrogens is 1. The molecule has 1 saturated heterocycles. The molecule has 2 heterocycles. The van der Waals surface area contributed by atoms with E-state index < -0.39 is 5.60 Å². The van der Waals surface area contributed by atoms with Crippen LogP contribution in [0.2, 0.25) is 0 Å². The molecule has 0 spiro atoms. The van der Waals surface area contributed by atoms with Crippen LogP contribution in [-0.2, 0) is 11.3 Å². The van der Waals surface area contributed by atoms with Crippen molar-refractivity contribution in [3.8, 4) is 0 Å². The van der Waals surface area contributed by atoms with Crippen molar-refractivity contribution in [2.45, 2.75) is 52.3 Å². The lowest BCUT2D eigenvalue weighted by atomic mass is 10.2. The summed E-state index contributed by atoms with van der Waals surface area (Å²) in [5, 5.41) is 6.25. The fraction of sp³-hybridized carbons (Fsp3) is 0.611. The number of nitrogens with one attached hydrogen (secondary N) is 2. The molecule has 1 aliphatic heterocycles. The summed E-state index contributed by atoms with van der Waals surface area (Å²) in [6.45, 7) is 10.5. The van der Waals surface area contributed by atoms with Crippen LogP contribution in [0.15, 0.2) is 29.4 Å². The first-order valence-electron chi connectivity index (χ1n) is 8.80. The highest BCUT2D eigenvalue weighted by molar-refractivity contribution is 14.0. The van der Waals surface area contributed by atoms with Crippen molar-refractivity contribution in [2.24, 2.45) is 4.99 Å². The zero-order valence-electron chi connectivity index (χ0n) is 16.0. The number of aliphatic imine (C=N–C) groups is 1. The third kappa shape index (κ3) is 7.76.